The first-order valence-corrected chi connectivity index (χ1v) is 10.7. The zero-order chi connectivity index (χ0) is 21.2. The fraction of sp³-hybridized carbons (Fsp3) is 0.682. The Bertz CT molecular complexity index is 606. The molecule has 164 valence electrons. The summed E-state index contributed by atoms with van der Waals surface area (Å²) in [5.74, 6) is 0.581. The standard InChI is InChI=1S/C22H38FN5O/c1-17(2)28(18(3)4)11-10-25-22(24-5)26-16-21(27-12-14-29-15-13-27)19-6-8-20(23)9-7-19/h6-9,17-18,21H,10-16H2,1-5H3,(H2,24,25,26). The Hall–Kier alpha value is -1.70. The molecule has 0 radical (unpaired) electrons. The van der Waals surface area contributed by atoms with E-state index in [0.29, 0.717) is 18.6 Å². The minimum absolute atomic E-state index is 0.140. The number of morpholine rings is 1. The summed E-state index contributed by atoms with van der Waals surface area (Å²) < 4.78 is 18.9. The molecule has 2 rings (SSSR count). The summed E-state index contributed by atoms with van der Waals surface area (Å²) in [6, 6.07) is 7.96. The van der Waals surface area contributed by atoms with E-state index in [0.717, 1.165) is 50.9 Å². The summed E-state index contributed by atoms with van der Waals surface area (Å²) >= 11 is 0. The fourth-order valence-electron chi connectivity index (χ4n) is 3.86. The van der Waals surface area contributed by atoms with Crippen molar-refractivity contribution in [1.29, 1.82) is 0 Å². The number of guanidine groups is 1. The average molecular weight is 408 g/mol. The summed E-state index contributed by atoms with van der Waals surface area (Å²) in [6.45, 7) is 14.6. The Balaban J connectivity index is 1.94. The number of nitrogens with zero attached hydrogens (tertiary/aromatic N) is 3. The molecule has 0 saturated carbocycles. The van der Waals surface area contributed by atoms with E-state index in [1.54, 1.807) is 7.05 Å². The minimum Gasteiger partial charge on any atom is -0.379 e. The van der Waals surface area contributed by atoms with Crippen LogP contribution in [0.3, 0.4) is 0 Å². The molecular weight excluding hydrogens is 369 g/mol. The Morgan fingerprint density at radius 2 is 1.72 bits per heavy atom. The predicted molar refractivity (Wildman–Crippen MR) is 118 cm³/mol. The quantitative estimate of drug-likeness (QED) is 0.487. The van der Waals surface area contributed by atoms with Gasteiger partial charge in [-0.2, -0.15) is 0 Å². The molecular formula is C22H38FN5O. The van der Waals surface area contributed by atoms with Gasteiger partial charge in [-0.15, -0.1) is 0 Å². The van der Waals surface area contributed by atoms with E-state index in [-0.39, 0.29) is 11.9 Å². The molecule has 29 heavy (non-hydrogen) atoms. The van der Waals surface area contributed by atoms with Crippen LogP contribution < -0.4 is 10.6 Å². The molecule has 1 aliphatic rings. The van der Waals surface area contributed by atoms with E-state index in [9.17, 15) is 4.39 Å². The van der Waals surface area contributed by atoms with Crippen LogP contribution in [-0.2, 0) is 4.74 Å². The summed E-state index contributed by atoms with van der Waals surface area (Å²) in [4.78, 5) is 9.21. The normalized spacial score (nSPS) is 17.2. The molecule has 0 spiro atoms. The highest BCUT2D eigenvalue weighted by Gasteiger charge is 2.23. The Morgan fingerprint density at radius 1 is 1.10 bits per heavy atom. The second-order valence-corrected chi connectivity index (χ2v) is 8.02. The van der Waals surface area contributed by atoms with Gasteiger partial charge in [-0.3, -0.25) is 14.8 Å². The number of hydrogen-bond donors (Lipinski definition) is 2. The minimum atomic E-state index is -0.209. The van der Waals surface area contributed by atoms with Crippen LogP contribution in [0.1, 0.15) is 39.3 Å². The van der Waals surface area contributed by atoms with E-state index in [4.69, 9.17) is 4.74 Å². The van der Waals surface area contributed by atoms with Crippen molar-refractivity contribution >= 4 is 5.96 Å². The topological polar surface area (TPSA) is 52.1 Å². The lowest BCUT2D eigenvalue weighted by Gasteiger charge is -2.35. The Morgan fingerprint density at radius 3 is 2.28 bits per heavy atom. The monoisotopic (exact) mass is 407 g/mol. The second-order valence-electron chi connectivity index (χ2n) is 8.02. The molecule has 1 aromatic rings. The van der Waals surface area contributed by atoms with E-state index in [2.05, 4.69) is 53.1 Å². The van der Waals surface area contributed by atoms with Crippen LogP contribution in [0.2, 0.25) is 0 Å². The van der Waals surface area contributed by atoms with Crippen LogP contribution in [0, 0.1) is 5.82 Å². The van der Waals surface area contributed by atoms with Crippen molar-refractivity contribution in [2.75, 3.05) is 53.0 Å². The fourth-order valence-corrected chi connectivity index (χ4v) is 3.86. The number of aliphatic imine (C=N–C) groups is 1. The third kappa shape index (κ3) is 7.57. The van der Waals surface area contributed by atoms with Gasteiger partial charge in [-0.25, -0.2) is 4.39 Å². The lowest BCUT2D eigenvalue weighted by atomic mass is 10.0. The van der Waals surface area contributed by atoms with Crippen molar-refractivity contribution in [2.45, 2.75) is 45.8 Å². The second kappa shape index (κ2) is 12.1. The molecule has 1 saturated heterocycles. The smallest absolute Gasteiger partial charge is 0.191 e. The highest BCUT2D eigenvalue weighted by atomic mass is 19.1. The van der Waals surface area contributed by atoms with Crippen molar-refractivity contribution < 1.29 is 9.13 Å². The van der Waals surface area contributed by atoms with Crippen molar-refractivity contribution in [3.8, 4) is 0 Å². The molecule has 1 fully saturated rings. The maximum Gasteiger partial charge on any atom is 0.191 e. The van der Waals surface area contributed by atoms with Crippen molar-refractivity contribution in [2.24, 2.45) is 4.99 Å². The van der Waals surface area contributed by atoms with E-state index < -0.39 is 0 Å². The SMILES string of the molecule is CN=C(NCCN(C(C)C)C(C)C)NCC(c1ccc(F)cc1)N1CCOCC1. The first-order valence-electron chi connectivity index (χ1n) is 10.7. The number of ether oxygens (including phenoxy) is 1. The Kier molecular flexibility index (Phi) is 9.84. The van der Waals surface area contributed by atoms with Gasteiger partial charge in [-0.05, 0) is 45.4 Å². The van der Waals surface area contributed by atoms with Gasteiger partial charge in [0.1, 0.15) is 5.82 Å². The summed E-state index contributed by atoms with van der Waals surface area (Å²) in [7, 11) is 1.79. The molecule has 7 heteroatoms. The van der Waals surface area contributed by atoms with Crippen LogP contribution >= 0.6 is 0 Å². The van der Waals surface area contributed by atoms with Crippen LogP contribution in [0.4, 0.5) is 4.39 Å². The van der Waals surface area contributed by atoms with E-state index in [1.807, 2.05) is 12.1 Å². The number of nitrogens with one attached hydrogen (secondary N) is 2. The molecule has 0 aromatic heterocycles. The first kappa shape index (κ1) is 23.6. The van der Waals surface area contributed by atoms with Gasteiger partial charge in [0, 0.05) is 51.9 Å². The lowest BCUT2D eigenvalue weighted by molar-refractivity contribution is 0.0170. The number of benzene rings is 1. The van der Waals surface area contributed by atoms with Crippen LogP contribution in [0.25, 0.3) is 0 Å². The maximum absolute atomic E-state index is 13.4. The third-order valence-electron chi connectivity index (χ3n) is 5.42. The summed E-state index contributed by atoms with van der Waals surface area (Å²) in [6.07, 6.45) is 0. The predicted octanol–water partition coefficient (Wildman–Crippen LogP) is 2.48. The molecule has 0 bridgehead atoms. The van der Waals surface area contributed by atoms with Gasteiger partial charge in [0.25, 0.3) is 0 Å². The molecule has 0 aliphatic carbocycles. The molecule has 0 amide bonds. The molecule has 6 nitrogen and oxygen atoms in total. The van der Waals surface area contributed by atoms with Gasteiger partial charge < -0.3 is 15.4 Å². The highest BCUT2D eigenvalue weighted by Crippen LogP contribution is 2.21. The maximum atomic E-state index is 13.4. The van der Waals surface area contributed by atoms with Crippen molar-refractivity contribution in [3.05, 3.63) is 35.6 Å². The van der Waals surface area contributed by atoms with Crippen molar-refractivity contribution in [1.82, 2.24) is 20.4 Å². The van der Waals surface area contributed by atoms with Crippen molar-refractivity contribution in [3.63, 3.8) is 0 Å². The zero-order valence-corrected chi connectivity index (χ0v) is 18.6. The molecule has 1 atom stereocenters. The summed E-state index contributed by atoms with van der Waals surface area (Å²) in [5, 5.41) is 6.88. The number of hydrogen-bond acceptors (Lipinski definition) is 4. The lowest BCUT2D eigenvalue weighted by Crippen LogP contribution is -2.48. The third-order valence-corrected chi connectivity index (χ3v) is 5.42. The number of halogens is 1. The first-order chi connectivity index (χ1) is 13.9. The van der Waals surface area contributed by atoms with E-state index in [1.165, 1.54) is 12.1 Å². The van der Waals surface area contributed by atoms with Gasteiger partial charge in [0.15, 0.2) is 5.96 Å². The highest BCUT2D eigenvalue weighted by molar-refractivity contribution is 5.79. The zero-order valence-electron chi connectivity index (χ0n) is 18.6. The molecule has 2 N–H and O–H groups in total. The number of rotatable bonds is 9. The molecule has 1 aromatic carbocycles. The van der Waals surface area contributed by atoms with Gasteiger partial charge in [-0.1, -0.05) is 12.1 Å². The van der Waals surface area contributed by atoms with Crippen LogP contribution in [-0.4, -0.2) is 80.8 Å². The van der Waals surface area contributed by atoms with Crippen LogP contribution in [0.15, 0.2) is 29.3 Å². The van der Waals surface area contributed by atoms with Crippen LogP contribution in [0.5, 0.6) is 0 Å². The Labute approximate surface area is 175 Å². The summed E-state index contributed by atoms with van der Waals surface area (Å²) in [5.41, 5.74) is 1.10. The molecule has 1 heterocycles. The molecule has 1 unspecified atom stereocenters. The van der Waals surface area contributed by atoms with Gasteiger partial charge in [0.2, 0.25) is 0 Å². The largest absolute Gasteiger partial charge is 0.379 e. The average Bonchev–Trinajstić information content (AvgIpc) is 2.71. The van der Waals surface area contributed by atoms with Gasteiger partial charge >= 0.3 is 0 Å². The molecule has 1 aliphatic heterocycles. The van der Waals surface area contributed by atoms with E-state index >= 15 is 0 Å². The van der Waals surface area contributed by atoms with Gasteiger partial charge in [0.05, 0.1) is 19.3 Å².